The smallest absolute Gasteiger partial charge is 0.497 e. The molecule has 3 aromatic carbocycles. The average Bonchev–Trinajstić information content (AvgIpc) is 2.96. The first-order chi connectivity index (χ1) is 19.6. The van der Waals surface area contributed by atoms with Gasteiger partial charge in [-0.15, -0.1) is 0 Å². The van der Waals surface area contributed by atoms with Gasteiger partial charge in [-0.25, -0.2) is 9.38 Å². The first-order valence-electron chi connectivity index (χ1n) is 12.9. The van der Waals surface area contributed by atoms with Crippen LogP contribution in [0.2, 0.25) is 0 Å². The third-order valence-electron chi connectivity index (χ3n) is 7.23. The summed E-state index contributed by atoms with van der Waals surface area (Å²) in [4.78, 5) is 22.0. The van der Waals surface area contributed by atoms with Gasteiger partial charge in [0.05, 0.1) is 37.9 Å². The second-order valence-electron chi connectivity index (χ2n) is 9.63. The maximum Gasteiger partial charge on any atom is 2.00 e. The number of para-hydroxylation sites is 1. The van der Waals surface area contributed by atoms with Crippen molar-refractivity contribution in [3.8, 4) is 11.5 Å². The number of carbonyl (C=O) groups is 1. The van der Waals surface area contributed by atoms with Crippen LogP contribution in [0.5, 0.6) is 11.5 Å². The van der Waals surface area contributed by atoms with Crippen molar-refractivity contribution >= 4 is 66.7 Å². The third kappa shape index (κ3) is 6.40. The molecule has 1 atom stereocenters. The number of fused-ring (bicyclic) bond motifs is 1. The van der Waals surface area contributed by atoms with Crippen molar-refractivity contribution in [1.82, 2.24) is 4.90 Å². The Kier molecular flexibility index (Phi) is 9.79. The Labute approximate surface area is 270 Å². The van der Waals surface area contributed by atoms with Crippen molar-refractivity contribution in [3.05, 3.63) is 77.6 Å². The number of alkyl halides is 3. The third-order valence-corrected chi connectivity index (χ3v) is 7.23. The molecule has 2 aliphatic rings. The van der Waals surface area contributed by atoms with Crippen molar-refractivity contribution in [3.63, 3.8) is 0 Å². The number of benzene rings is 3. The number of anilines is 2. The van der Waals surface area contributed by atoms with E-state index in [0.29, 0.717) is 31.9 Å². The van der Waals surface area contributed by atoms with Gasteiger partial charge in [0.1, 0.15) is 23.0 Å². The van der Waals surface area contributed by atoms with E-state index in [1.165, 1.54) is 30.2 Å². The molecule has 1 saturated heterocycles. The molecule has 0 spiro atoms. The number of hydrogen-bond acceptors (Lipinski definition) is 7. The summed E-state index contributed by atoms with van der Waals surface area (Å²) in [6.07, 6.45) is -5.18. The van der Waals surface area contributed by atoms with Crippen molar-refractivity contribution in [1.29, 1.82) is 0 Å². The summed E-state index contributed by atoms with van der Waals surface area (Å²) in [5.41, 5.74) is 0.204. The number of methoxy groups -OCH3 is 2. The Balaban J connectivity index is 0.00000405. The van der Waals surface area contributed by atoms with E-state index in [2.05, 4.69) is 9.89 Å². The Morgan fingerprint density at radius 1 is 0.976 bits per heavy atom. The number of aliphatic imine (C=N–C) groups is 1. The number of piperazine rings is 1. The predicted octanol–water partition coefficient (Wildman–Crippen LogP) is 5.33. The molecule has 1 N–H and O–H groups in total. The van der Waals surface area contributed by atoms with Gasteiger partial charge in [-0.1, -0.05) is 18.2 Å². The molecule has 42 heavy (non-hydrogen) atoms. The van der Waals surface area contributed by atoms with Gasteiger partial charge in [0.15, 0.2) is 0 Å². The number of carboxylic acids is 1. The van der Waals surface area contributed by atoms with Crippen LogP contribution in [0.3, 0.4) is 0 Å². The van der Waals surface area contributed by atoms with Gasteiger partial charge >= 0.3 is 49.9 Å². The largest absolute Gasteiger partial charge is 2.00 e. The minimum absolute atomic E-state index is 0. The van der Waals surface area contributed by atoms with Crippen LogP contribution >= 0.6 is 0 Å². The molecule has 13 heteroatoms. The van der Waals surface area contributed by atoms with Gasteiger partial charge in [0, 0.05) is 43.5 Å². The van der Waals surface area contributed by atoms with Crippen LogP contribution in [0.1, 0.15) is 23.6 Å². The minimum atomic E-state index is -4.66. The van der Waals surface area contributed by atoms with Crippen LogP contribution in [0.4, 0.5) is 34.6 Å². The summed E-state index contributed by atoms with van der Waals surface area (Å²) in [5.74, 6) is -0.910. The van der Waals surface area contributed by atoms with Crippen molar-refractivity contribution in [2.45, 2.75) is 18.6 Å². The van der Waals surface area contributed by atoms with Gasteiger partial charge < -0.3 is 29.3 Å². The van der Waals surface area contributed by atoms with E-state index < -0.39 is 36.0 Å². The Morgan fingerprint density at radius 2 is 1.67 bits per heavy atom. The maximum absolute atomic E-state index is 15.1. The minimum Gasteiger partial charge on any atom is -0.497 e. The van der Waals surface area contributed by atoms with Gasteiger partial charge in [-0.05, 0) is 36.4 Å². The summed E-state index contributed by atoms with van der Waals surface area (Å²) in [5, 5.41) is 9.83. The first-order valence-corrected chi connectivity index (χ1v) is 12.9. The zero-order chi connectivity index (χ0) is 29.3. The molecule has 5 rings (SSSR count). The number of nitrogens with zero attached hydrogens (tertiary/aromatic N) is 4. The molecule has 0 radical (unpaired) electrons. The van der Waals surface area contributed by atoms with Gasteiger partial charge in [0.25, 0.3) is 0 Å². The molecule has 8 nitrogen and oxygen atoms in total. The molecule has 0 aromatic heterocycles. The molecular weight excluding hydrogens is 584 g/mol. The van der Waals surface area contributed by atoms with Gasteiger partial charge in [-0.2, -0.15) is 13.2 Å². The molecule has 216 valence electrons. The van der Waals surface area contributed by atoms with E-state index in [-0.39, 0.29) is 66.4 Å². The number of hydrogen-bond donors (Lipinski definition) is 1. The number of guanidine groups is 1. The summed E-state index contributed by atoms with van der Waals surface area (Å²) >= 11 is 0. The van der Waals surface area contributed by atoms with Crippen molar-refractivity contribution in [2.24, 2.45) is 4.99 Å². The van der Waals surface area contributed by atoms with E-state index in [1.807, 2.05) is 29.2 Å². The van der Waals surface area contributed by atoms with Gasteiger partial charge in [-0.3, -0.25) is 4.79 Å². The Morgan fingerprint density at radius 3 is 2.31 bits per heavy atom. The molecule has 0 amide bonds. The number of halogens is 4. The Hall–Kier alpha value is -3.22. The van der Waals surface area contributed by atoms with E-state index in [1.54, 1.807) is 13.2 Å². The fourth-order valence-corrected chi connectivity index (χ4v) is 5.24. The normalized spacial score (nSPS) is 16.8. The first kappa shape index (κ1) is 31.7. The molecule has 1 unspecified atom stereocenters. The van der Waals surface area contributed by atoms with Crippen LogP contribution in [0, 0.1) is 5.82 Å². The van der Waals surface area contributed by atoms with Crippen LogP contribution in [-0.4, -0.2) is 100 Å². The monoisotopic (exact) mass is 612 g/mol. The van der Waals surface area contributed by atoms with Crippen LogP contribution in [0.25, 0.3) is 0 Å². The maximum atomic E-state index is 15.1. The SMILES string of the molecule is COc1cccc(N2CCN(C3=Nc4c(F)cccc4C(CC(=O)O)N3c3cc(C(F)(F)F)ccc3OC)CC2)c1.[Ca+2]. The molecule has 2 aliphatic heterocycles. The molecule has 1 fully saturated rings. The molecule has 0 bridgehead atoms. The van der Waals surface area contributed by atoms with E-state index in [9.17, 15) is 23.1 Å². The quantitative estimate of drug-likeness (QED) is 0.298. The average molecular weight is 613 g/mol. The zero-order valence-electron chi connectivity index (χ0n) is 23.1. The fraction of sp³-hybridized carbons (Fsp3) is 0.310. The van der Waals surface area contributed by atoms with Crippen LogP contribution in [0.15, 0.2) is 65.7 Å². The van der Waals surface area contributed by atoms with E-state index >= 15 is 4.39 Å². The van der Waals surface area contributed by atoms with Crippen LogP contribution < -0.4 is 19.3 Å². The van der Waals surface area contributed by atoms with Crippen molar-refractivity contribution in [2.75, 3.05) is 50.2 Å². The molecule has 0 aliphatic carbocycles. The van der Waals surface area contributed by atoms with Crippen LogP contribution in [-0.2, 0) is 11.0 Å². The van der Waals surface area contributed by atoms with E-state index in [4.69, 9.17) is 9.47 Å². The van der Waals surface area contributed by atoms with Crippen molar-refractivity contribution < 1.29 is 36.9 Å². The summed E-state index contributed by atoms with van der Waals surface area (Å²) in [7, 11) is 2.90. The number of ether oxygens (including phenoxy) is 2. The van der Waals surface area contributed by atoms with E-state index in [0.717, 1.165) is 17.8 Å². The topological polar surface area (TPSA) is 77.8 Å². The molecular formula is C29H28CaF4N4O4+2. The zero-order valence-corrected chi connectivity index (χ0v) is 25.3. The number of carboxylic acid groups (broad SMARTS) is 1. The summed E-state index contributed by atoms with van der Waals surface area (Å²) in [6, 6.07) is 13.7. The fourth-order valence-electron chi connectivity index (χ4n) is 5.24. The molecule has 0 saturated carbocycles. The summed E-state index contributed by atoms with van der Waals surface area (Å²) in [6.45, 7) is 1.82. The molecule has 3 aromatic rings. The predicted molar refractivity (Wildman–Crippen MR) is 151 cm³/mol. The number of aliphatic carboxylic acids is 1. The number of rotatable bonds is 6. The standard InChI is InChI=1S/C29H28F4N4O4.Ca/c1-40-20-6-3-5-19(16-20)35-11-13-36(14-12-35)28-34-27-21(7-4-8-22(27)30)23(17-26(38)39)37(28)24-15-18(29(31,32)33)9-10-25(24)41-2;/h3-10,15-16,23H,11-14,17H2,1-2H3,(H,38,39);/q;+2. The second-order valence-corrected chi connectivity index (χ2v) is 9.63. The molecule has 2 heterocycles. The Bertz CT molecular complexity index is 1480. The second kappa shape index (κ2) is 13.0. The van der Waals surface area contributed by atoms with Gasteiger partial charge in [0.2, 0.25) is 5.96 Å². The summed E-state index contributed by atoms with van der Waals surface area (Å²) < 4.78 is 67.3.